The molecule has 2 aromatic rings. The van der Waals surface area contributed by atoms with Crippen molar-refractivity contribution >= 4 is 0 Å². The fraction of sp³-hybridized carbons (Fsp3) is 0.250. The van der Waals surface area contributed by atoms with E-state index in [-0.39, 0.29) is 5.75 Å². The van der Waals surface area contributed by atoms with Gasteiger partial charge in [-0.25, -0.2) is 0 Å². The van der Waals surface area contributed by atoms with Crippen molar-refractivity contribution in [1.29, 1.82) is 0 Å². The van der Waals surface area contributed by atoms with Gasteiger partial charge in [0.2, 0.25) is 0 Å². The fourth-order valence-corrected chi connectivity index (χ4v) is 1.87. The molecule has 0 aliphatic rings. The largest absolute Gasteiger partial charge is 0.508 e. The molecule has 2 aromatic carbocycles. The normalized spacial score (nSPS) is 10.3. The molecular formula is C16H18O2. The lowest BCUT2D eigenvalue weighted by Crippen LogP contribution is -1.96. The highest BCUT2D eigenvalue weighted by atomic mass is 16.5. The monoisotopic (exact) mass is 242 g/mol. The topological polar surface area (TPSA) is 29.5 Å². The van der Waals surface area contributed by atoms with Crippen molar-refractivity contribution in [2.45, 2.75) is 26.4 Å². The zero-order chi connectivity index (χ0) is 12.8. The SMILES string of the molecule is CCCc1cccc(OCc2ccccc2O)c1. The Hall–Kier alpha value is -1.96. The summed E-state index contributed by atoms with van der Waals surface area (Å²) >= 11 is 0. The van der Waals surface area contributed by atoms with E-state index in [1.807, 2.05) is 24.3 Å². The van der Waals surface area contributed by atoms with Gasteiger partial charge in [0.1, 0.15) is 18.1 Å². The molecule has 0 atom stereocenters. The van der Waals surface area contributed by atoms with E-state index in [2.05, 4.69) is 19.1 Å². The number of hydrogen-bond acceptors (Lipinski definition) is 2. The number of benzene rings is 2. The van der Waals surface area contributed by atoms with E-state index < -0.39 is 0 Å². The first-order chi connectivity index (χ1) is 8.79. The molecule has 2 heteroatoms. The van der Waals surface area contributed by atoms with E-state index in [4.69, 9.17) is 4.74 Å². The Morgan fingerprint density at radius 3 is 2.67 bits per heavy atom. The van der Waals surface area contributed by atoms with Crippen molar-refractivity contribution in [3.63, 3.8) is 0 Å². The summed E-state index contributed by atoms with van der Waals surface area (Å²) < 4.78 is 5.70. The van der Waals surface area contributed by atoms with Crippen LogP contribution in [-0.2, 0) is 13.0 Å². The smallest absolute Gasteiger partial charge is 0.122 e. The predicted octanol–water partition coefficient (Wildman–Crippen LogP) is 3.92. The van der Waals surface area contributed by atoms with Crippen LogP contribution in [-0.4, -0.2) is 5.11 Å². The maximum absolute atomic E-state index is 9.65. The summed E-state index contributed by atoms with van der Waals surface area (Å²) in [6.45, 7) is 2.55. The number of phenols is 1. The number of para-hydroxylation sites is 1. The van der Waals surface area contributed by atoms with Gasteiger partial charge in [-0.15, -0.1) is 0 Å². The summed E-state index contributed by atoms with van der Waals surface area (Å²) in [6.07, 6.45) is 2.19. The zero-order valence-corrected chi connectivity index (χ0v) is 10.6. The van der Waals surface area contributed by atoms with Crippen molar-refractivity contribution in [2.24, 2.45) is 0 Å². The Bertz CT molecular complexity index is 506. The molecular weight excluding hydrogens is 224 g/mol. The molecule has 0 saturated carbocycles. The number of rotatable bonds is 5. The van der Waals surface area contributed by atoms with Gasteiger partial charge in [0.05, 0.1) is 0 Å². The van der Waals surface area contributed by atoms with Crippen molar-refractivity contribution in [1.82, 2.24) is 0 Å². The molecule has 0 saturated heterocycles. The highest BCUT2D eigenvalue weighted by Gasteiger charge is 2.01. The molecule has 0 radical (unpaired) electrons. The molecule has 0 amide bonds. The quantitative estimate of drug-likeness (QED) is 0.861. The van der Waals surface area contributed by atoms with Gasteiger partial charge in [0, 0.05) is 5.56 Å². The van der Waals surface area contributed by atoms with Crippen molar-refractivity contribution < 1.29 is 9.84 Å². The number of aryl methyl sites for hydroxylation is 1. The molecule has 2 nitrogen and oxygen atoms in total. The summed E-state index contributed by atoms with van der Waals surface area (Å²) in [7, 11) is 0. The third-order valence-corrected chi connectivity index (χ3v) is 2.82. The molecule has 0 unspecified atom stereocenters. The van der Waals surface area contributed by atoms with Gasteiger partial charge in [-0.1, -0.05) is 43.7 Å². The zero-order valence-electron chi connectivity index (χ0n) is 10.6. The third kappa shape index (κ3) is 3.27. The first-order valence-corrected chi connectivity index (χ1v) is 6.28. The Morgan fingerprint density at radius 1 is 1.06 bits per heavy atom. The lowest BCUT2D eigenvalue weighted by Gasteiger charge is -2.09. The average Bonchev–Trinajstić information content (AvgIpc) is 2.39. The van der Waals surface area contributed by atoms with E-state index in [1.54, 1.807) is 12.1 Å². The second-order valence-corrected chi connectivity index (χ2v) is 4.31. The van der Waals surface area contributed by atoms with Crippen molar-refractivity contribution in [3.05, 3.63) is 59.7 Å². The molecule has 94 valence electrons. The molecule has 0 aromatic heterocycles. The second-order valence-electron chi connectivity index (χ2n) is 4.31. The summed E-state index contributed by atoms with van der Waals surface area (Å²) in [6, 6.07) is 15.4. The van der Waals surface area contributed by atoms with Gasteiger partial charge >= 0.3 is 0 Å². The first-order valence-electron chi connectivity index (χ1n) is 6.28. The predicted molar refractivity (Wildman–Crippen MR) is 72.9 cm³/mol. The van der Waals surface area contributed by atoms with Crippen LogP contribution >= 0.6 is 0 Å². The molecule has 1 N–H and O–H groups in total. The second kappa shape index (κ2) is 6.10. The lowest BCUT2D eigenvalue weighted by atomic mass is 10.1. The maximum Gasteiger partial charge on any atom is 0.122 e. The summed E-state index contributed by atoms with van der Waals surface area (Å²) in [5.41, 5.74) is 2.09. The van der Waals surface area contributed by atoms with Gasteiger partial charge in [-0.2, -0.15) is 0 Å². The van der Waals surface area contributed by atoms with Crippen LogP contribution in [0.5, 0.6) is 11.5 Å². The van der Waals surface area contributed by atoms with Crippen LogP contribution in [0.4, 0.5) is 0 Å². The van der Waals surface area contributed by atoms with Crippen LogP contribution in [0, 0.1) is 0 Å². The Labute approximate surface area is 108 Å². The van der Waals surface area contributed by atoms with E-state index in [0.717, 1.165) is 24.2 Å². The highest BCUT2D eigenvalue weighted by Crippen LogP contribution is 2.20. The average molecular weight is 242 g/mol. The summed E-state index contributed by atoms with van der Waals surface area (Å²) in [5, 5.41) is 9.65. The third-order valence-electron chi connectivity index (χ3n) is 2.82. The molecule has 0 aliphatic carbocycles. The molecule has 0 bridgehead atoms. The van der Waals surface area contributed by atoms with Crippen LogP contribution in [0.1, 0.15) is 24.5 Å². The number of phenolic OH excluding ortho intramolecular Hbond substituents is 1. The minimum Gasteiger partial charge on any atom is -0.508 e. The fourth-order valence-electron chi connectivity index (χ4n) is 1.87. The molecule has 0 fully saturated rings. The van der Waals surface area contributed by atoms with Gasteiger partial charge in [0.25, 0.3) is 0 Å². The molecule has 2 rings (SSSR count). The van der Waals surface area contributed by atoms with Crippen LogP contribution in [0.3, 0.4) is 0 Å². The lowest BCUT2D eigenvalue weighted by molar-refractivity contribution is 0.299. The first kappa shape index (κ1) is 12.5. The van der Waals surface area contributed by atoms with E-state index in [0.29, 0.717) is 6.61 Å². The Kier molecular flexibility index (Phi) is 4.24. The molecule has 0 spiro atoms. The van der Waals surface area contributed by atoms with Crippen LogP contribution in [0.2, 0.25) is 0 Å². The minimum atomic E-state index is 0.280. The summed E-state index contributed by atoms with van der Waals surface area (Å²) in [4.78, 5) is 0. The van der Waals surface area contributed by atoms with Crippen molar-refractivity contribution in [2.75, 3.05) is 0 Å². The van der Waals surface area contributed by atoms with E-state index in [1.165, 1.54) is 5.56 Å². The van der Waals surface area contributed by atoms with Gasteiger partial charge in [-0.3, -0.25) is 0 Å². The Balaban J connectivity index is 2.02. The molecule has 0 aliphatic heterocycles. The maximum atomic E-state index is 9.65. The van der Waals surface area contributed by atoms with Gasteiger partial charge < -0.3 is 9.84 Å². The molecule has 18 heavy (non-hydrogen) atoms. The van der Waals surface area contributed by atoms with Gasteiger partial charge in [-0.05, 0) is 30.2 Å². The number of hydrogen-bond donors (Lipinski definition) is 1. The van der Waals surface area contributed by atoms with Crippen LogP contribution in [0.25, 0.3) is 0 Å². The molecule has 0 heterocycles. The number of aromatic hydroxyl groups is 1. The van der Waals surface area contributed by atoms with E-state index >= 15 is 0 Å². The standard InChI is InChI=1S/C16H18O2/c1-2-6-13-7-5-9-15(11-13)18-12-14-8-3-4-10-16(14)17/h3-5,7-11,17H,2,6,12H2,1H3. The van der Waals surface area contributed by atoms with Crippen LogP contribution in [0.15, 0.2) is 48.5 Å². The summed E-state index contributed by atoms with van der Waals surface area (Å²) in [5.74, 6) is 1.13. The van der Waals surface area contributed by atoms with E-state index in [9.17, 15) is 5.11 Å². The minimum absolute atomic E-state index is 0.280. The highest BCUT2D eigenvalue weighted by molar-refractivity contribution is 5.33. The number of ether oxygens (including phenoxy) is 1. The van der Waals surface area contributed by atoms with Gasteiger partial charge in [0.15, 0.2) is 0 Å². The van der Waals surface area contributed by atoms with Crippen LogP contribution < -0.4 is 4.74 Å². The Morgan fingerprint density at radius 2 is 1.89 bits per heavy atom. The van der Waals surface area contributed by atoms with Crippen molar-refractivity contribution in [3.8, 4) is 11.5 Å².